The zero-order chi connectivity index (χ0) is 15.2. The van der Waals surface area contributed by atoms with Crippen LogP contribution in [-0.4, -0.2) is 6.10 Å². The van der Waals surface area contributed by atoms with Gasteiger partial charge in [-0.15, -0.1) is 0 Å². The van der Waals surface area contributed by atoms with Gasteiger partial charge in [0.1, 0.15) is 5.75 Å². The molecule has 2 nitrogen and oxygen atoms in total. The Labute approximate surface area is 128 Å². The van der Waals surface area contributed by atoms with Crippen molar-refractivity contribution < 1.29 is 4.74 Å². The number of hydrogen-bond donors (Lipinski definition) is 1. The fourth-order valence-corrected chi connectivity index (χ4v) is 2.20. The van der Waals surface area contributed by atoms with E-state index in [1.165, 1.54) is 16.7 Å². The van der Waals surface area contributed by atoms with Gasteiger partial charge < -0.3 is 10.1 Å². The summed E-state index contributed by atoms with van der Waals surface area (Å²) in [6.45, 7) is 9.25. The number of aryl methyl sites for hydroxylation is 1. The fourth-order valence-electron chi connectivity index (χ4n) is 2.20. The Morgan fingerprint density at radius 2 is 1.52 bits per heavy atom. The highest BCUT2D eigenvalue weighted by molar-refractivity contribution is 5.28. The van der Waals surface area contributed by atoms with Crippen molar-refractivity contribution >= 4 is 0 Å². The van der Waals surface area contributed by atoms with Crippen LogP contribution in [0.3, 0.4) is 0 Å². The monoisotopic (exact) mass is 283 g/mol. The molecule has 2 rings (SSSR count). The number of rotatable bonds is 6. The van der Waals surface area contributed by atoms with Crippen molar-refractivity contribution in [1.29, 1.82) is 0 Å². The molecule has 0 spiro atoms. The minimum atomic E-state index is 0.218. The van der Waals surface area contributed by atoms with Gasteiger partial charge in [0.2, 0.25) is 0 Å². The molecular formula is C19H25NO. The summed E-state index contributed by atoms with van der Waals surface area (Å²) in [5.74, 6) is 0.931. The number of nitrogens with one attached hydrogen (secondary N) is 1. The Balaban J connectivity index is 1.88. The van der Waals surface area contributed by atoms with Crippen molar-refractivity contribution in [3.05, 3.63) is 65.2 Å². The van der Waals surface area contributed by atoms with E-state index >= 15 is 0 Å². The van der Waals surface area contributed by atoms with Crippen molar-refractivity contribution in [2.24, 2.45) is 0 Å². The van der Waals surface area contributed by atoms with Crippen LogP contribution in [0.15, 0.2) is 48.5 Å². The molecule has 2 heteroatoms. The lowest BCUT2D eigenvalue weighted by molar-refractivity contribution is 0.242. The molecule has 21 heavy (non-hydrogen) atoms. The molecule has 0 saturated heterocycles. The third-order valence-corrected chi connectivity index (χ3v) is 3.48. The molecule has 2 aromatic carbocycles. The quantitative estimate of drug-likeness (QED) is 0.834. The topological polar surface area (TPSA) is 21.3 Å². The Hall–Kier alpha value is -1.80. The first-order chi connectivity index (χ1) is 10.0. The Morgan fingerprint density at radius 1 is 0.905 bits per heavy atom. The minimum absolute atomic E-state index is 0.218. The number of hydrogen-bond acceptors (Lipinski definition) is 2. The van der Waals surface area contributed by atoms with E-state index in [9.17, 15) is 0 Å². The lowest BCUT2D eigenvalue weighted by Gasteiger charge is -2.15. The zero-order valence-electron chi connectivity index (χ0n) is 13.4. The lowest BCUT2D eigenvalue weighted by Crippen LogP contribution is -2.18. The summed E-state index contributed by atoms with van der Waals surface area (Å²) in [6, 6.07) is 17.3. The molecule has 1 N–H and O–H groups in total. The highest BCUT2D eigenvalue weighted by Gasteiger charge is 2.04. The van der Waals surface area contributed by atoms with Gasteiger partial charge >= 0.3 is 0 Å². The normalized spacial score (nSPS) is 12.4. The molecule has 1 unspecified atom stereocenters. The molecule has 0 radical (unpaired) electrons. The molecule has 0 aliphatic rings. The number of benzene rings is 2. The molecule has 0 bridgehead atoms. The molecule has 0 saturated carbocycles. The summed E-state index contributed by atoms with van der Waals surface area (Å²) in [5.41, 5.74) is 3.89. The van der Waals surface area contributed by atoms with E-state index in [1.54, 1.807) is 0 Å². The molecule has 0 aromatic heterocycles. The van der Waals surface area contributed by atoms with Crippen molar-refractivity contribution in [2.45, 2.75) is 46.4 Å². The molecule has 0 fully saturated rings. The van der Waals surface area contributed by atoms with Gasteiger partial charge in [-0.05, 0) is 51.0 Å². The van der Waals surface area contributed by atoms with E-state index < -0.39 is 0 Å². The van der Waals surface area contributed by atoms with Crippen LogP contribution < -0.4 is 10.1 Å². The van der Waals surface area contributed by atoms with Crippen LogP contribution in [0.25, 0.3) is 0 Å². The molecule has 0 heterocycles. The third-order valence-electron chi connectivity index (χ3n) is 3.48. The maximum atomic E-state index is 5.65. The van der Waals surface area contributed by atoms with Gasteiger partial charge in [-0.25, -0.2) is 0 Å². The molecule has 2 aromatic rings. The van der Waals surface area contributed by atoms with Crippen molar-refractivity contribution in [3.8, 4) is 5.75 Å². The van der Waals surface area contributed by atoms with Crippen LogP contribution in [0.1, 0.15) is 43.5 Å². The molecule has 112 valence electrons. The van der Waals surface area contributed by atoms with Crippen LogP contribution in [-0.2, 0) is 6.54 Å². The van der Waals surface area contributed by atoms with E-state index in [2.05, 4.69) is 55.6 Å². The molecule has 1 atom stereocenters. The van der Waals surface area contributed by atoms with E-state index in [0.29, 0.717) is 6.04 Å². The summed E-state index contributed by atoms with van der Waals surface area (Å²) in [5, 5.41) is 3.55. The van der Waals surface area contributed by atoms with Gasteiger partial charge in [0.05, 0.1) is 6.10 Å². The average molecular weight is 283 g/mol. The van der Waals surface area contributed by atoms with Gasteiger partial charge in [-0.1, -0.05) is 42.0 Å². The first kappa shape index (κ1) is 15.6. The smallest absolute Gasteiger partial charge is 0.119 e. The highest BCUT2D eigenvalue weighted by atomic mass is 16.5. The van der Waals surface area contributed by atoms with E-state index in [-0.39, 0.29) is 6.10 Å². The van der Waals surface area contributed by atoms with Crippen molar-refractivity contribution in [1.82, 2.24) is 5.32 Å². The lowest BCUT2D eigenvalue weighted by atomic mass is 10.1. The predicted octanol–water partition coefficient (Wildman–Crippen LogP) is 4.63. The van der Waals surface area contributed by atoms with Gasteiger partial charge in [-0.2, -0.15) is 0 Å². The first-order valence-corrected chi connectivity index (χ1v) is 7.60. The van der Waals surface area contributed by atoms with Crippen molar-refractivity contribution in [3.63, 3.8) is 0 Å². The van der Waals surface area contributed by atoms with Gasteiger partial charge in [0, 0.05) is 12.6 Å². The van der Waals surface area contributed by atoms with Crippen LogP contribution >= 0.6 is 0 Å². The maximum absolute atomic E-state index is 5.65. The summed E-state index contributed by atoms with van der Waals surface area (Å²) < 4.78 is 5.65. The average Bonchev–Trinajstić information content (AvgIpc) is 2.46. The first-order valence-electron chi connectivity index (χ1n) is 7.60. The summed E-state index contributed by atoms with van der Waals surface area (Å²) in [6.07, 6.45) is 0.218. The summed E-state index contributed by atoms with van der Waals surface area (Å²) in [4.78, 5) is 0. The van der Waals surface area contributed by atoms with E-state index in [4.69, 9.17) is 4.74 Å². The van der Waals surface area contributed by atoms with Gasteiger partial charge in [0.25, 0.3) is 0 Å². The van der Waals surface area contributed by atoms with E-state index in [0.717, 1.165) is 12.3 Å². The fraction of sp³-hybridized carbons (Fsp3) is 0.368. The Kier molecular flexibility index (Phi) is 5.40. The van der Waals surface area contributed by atoms with Gasteiger partial charge in [-0.3, -0.25) is 0 Å². The zero-order valence-corrected chi connectivity index (χ0v) is 13.4. The molecular weight excluding hydrogens is 258 g/mol. The summed E-state index contributed by atoms with van der Waals surface area (Å²) >= 11 is 0. The third kappa shape index (κ3) is 4.91. The minimum Gasteiger partial charge on any atom is -0.491 e. The molecule has 0 aliphatic carbocycles. The second-order valence-corrected chi connectivity index (χ2v) is 5.82. The van der Waals surface area contributed by atoms with Crippen LogP contribution in [0.4, 0.5) is 0 Å². The predicted molar refractivity (Wildman–Crippen MR) is 88.6 cm³/mol. The largest absolute Gasteiger partial charge is 0.491 e. The SMILES string of the molecule is Cc1ccc(C(C)NCc2ccc(OC(C)C)cc2)cc1. The van der Waals surface area contributed by atoms with Crippen LogP contribution in [0.5, 0.6) is 5.75 Å². The van der Waals surface area contributed by atoms with E-state index in [1.807, 2.05) is 26.0 Å². The summed E-state index contributed by atoms with van der Waals surface area (Å²) in [7, 11) is 0. The van der Waals surface area contributed by atoms with Gasteiger partial charge in [0.15, 0.2) is 0 Å². The second kappa shape index (κ2) is 7.28. The highest BCUT2D eigenvalue weighted by Crippen LogP contribution is 2.16. The standard InChI is InChI=1S/C19H25NO/c1-14(2)21-19-11-7-17(8-12-19)13-20-16(4)18-9-5-15(3)6-10-18/h5-12,14,16,20H,13H2,1-4H3. The Morgan fingerprint density at radius 3 is 2.10 bits per heavy atom. The molecule has 0 aliphatic heterocycles. The second-order valence-electron chi connectivity index (χ2n) is 5.82. The molecule has 0 amide bonds. The maximum Gasteiger partial charge on any atom is 0.119 e. The van der Waals surface area contributed by atoms with Crippen LogP contribution in [0, 0.1) is 6.92 Å². The van der Waals surface area contributed by atoms with Crippen LogP contribution in [0.2, 0.25) is 0 Å². The van der Waals surface area contributed by atoms with Crippen molar-refractivity contribution in [2.75, 3.05) is 0 Å². The number of ether oxygens (including phenoxy) is 1. The Bertz CT molecular complexity index is 543.